The Morgan fingerprint density at radius 3 is 2.60 bits per heavy atom. The fourth-order valence-electron chi connectivity index (χ4n) is 1.97. The number of ether oxygens (including phenoxy) is 1. The van der Waals surface area contributed by atoms with Crippen molar-refractivity contribution < 1.29 is 4.74 Å². The van der Waals surface area contributed by atoms with Gasteiger partial charge < -0.3 is 10.1 Å². The third-order valence-electron chi connectivity index (χ3n) is 3.33. The van der Waals surface area contributed by atoms with Gasteiger partial charge in [0.2, 0.25) is 0 Å². The SMILES string of the molecule is C=C(C)CCOc1ccc(CCC(C)NCCC)cc1. The second kappa shape index (κ2) is 9.60. The maximum atomic E-state index is 5.68. The average Bonchev–Trinajstić information content (AvgIpc) is 2.44. The van der Waals surface area contributed by atoms with Crippen LogP contribution in [0.5, 0.6) is 5.75 Å². The van der Waals surface area contributed by atoms with E-state index in [0.717, 1.165) is 30.7 Å². The van der Waals surface area contributed by atoms with Gasteiger partial charge in [-0.05, 0) is 57.4 Å². The van der Waals surface area contributed by atoms with Crippen molar-refractivity contribution in [3.63, 3.8) is 0 Å². The second-order valence-corrected chi connectivity index (χ2v) is 5.59. The summed E-state index contributed by atoms with van der Waals surface area (Å²) in [5.41, 5.74) is 2.54. The van der Waals surface area contributed by atoms with E-state index in [4.69, 9.17) is 4.74 Å². The highest BCUT2D eigenvalue weighted by Gasteiger charge is 2.02. The van der Waals surface area contributed by atoms with Crippen molar-refractivity contribution in [1.29, 1.82) is 0 Å². The molecule has 0 aromatic heterocycles. The molecule has 1 unspecified atom stereocenters. The molecule has 1 rings (SSSR count). The Bertz CT molecular complexity index is 383. The molecule has 0 aliphatic heterocycles. The van der Waals surface area contributed by atoms with Gasteiger partial charge in [-0.15, -0.1) is 6.58 Å². The van der Waals surface area contributed by atoms with Crippen LogP contribution in [0.3, 0.4) is 0 Å². The average molecular weight is 275 g/mol. The molecule has 1 aromatic rings. The van der Waals surface area contributed by atoms with Crippen molar-refractivity contribution in [2.24, 2.45) is 0 Å². The van der Waals surface area contributed by atoms with Crippen molar-refractivity contribution in [2.75, 3.05) is 13.2 Å². The molecule has 0 amide bonds. The monoisotopic (exact) mass is 275 g/mol. The van der Waals surface area contributed by atoms with Crippen LogP contribution in [0.4, 0.5) is 0 Å². The van der Waals surface area contributed by atoms with E-state index in [2.05, 4.69) is 50.0 Å². The molecule has 1 atom stereocenters. The molecule has 2 heteroatoms. The first kappa shape index (κ1) is 16.8. The fourth-order valence-corrected chi connectivity index (χ4v) is 1.97. The summed E-state index contributed by atoms with van der Waals surface area (Å²) in [6, 6.07) is 9.06. The van der Waals surface area contributed by atoms with Gasteiger partial charge in [-0.2, -0.15) is 0 Å². The molecule has 0 aliphatic rings. The minimum absolute atomic E-state index is 0.585. The summed E-state index contributed by atoms with van der Waals surface area (Å²) in [6.45, 7) is 12.2. The Hall–Kier alpha value is -1.28. The molecule has 0 heterocycles. The number of nitrogens with one attached hydrogen (secondary N) is 1. The Morgan fingerprint density at radius 1 is 1.30 bits per heavy atom. The smallest absolute Gasteiger partial charge is 0.119 e. The van der Waals surface area contributed by atoms with Crippen LogP contribution in [-0.4, -0.2) is 19.2 Å². The number of benzene rings is 1. The molecule has 2 nitrogen and oxygen atoms in total. The summed E-state index contributed by atoms with van der Waals surface area (Å²) in [5, 5.41) is 3.52. The van der Waals surface area contributed by atoms with Crippen LogP contribution in [0.15, 0.2) is 36.4 Å². The Morgan fingerprint density at radius 2 is 2.00 bits per heavy atom. The van der Waals surface area contributed by atoms with Gasteiger partial charge in [-0.1, -0.05) is 24.6 Å². The minimum Gasteiger partial charge on any atom is -0.493 e. The second-order valence-electron chi connectivity index (χ2n) is 5.59. The van der Waals surface area contributed by atoms with Crippen molar-refractivity contribution in [2.45, 2.75) is 52.5 Å². The molecule has 0 aliphatic carbocycles. The maximum Gasteiger partial charge on any atom is 0.119 e. The first-order chi connectivity index (χ1) is 9.61. The van der Waals surface area contributed by atoms with Gasteiger partial charge in [-0.3, -0.25) is 0 Å². The molecule has 1 aromatic carbocycles. The van der Waals surface area contributed by atoms with E-state index in [-0.39, 0.29) is 0 Å². The summed E-state index contributed by atoms with van der Waals surface area (Å²) >= 11 is 0. The van der Waals surface area contributed by atoms with E-state index in [9.17, 15) is 0 Å². The molecule has 1 N–H and O–H groups in total. The zero-order chi connectivity index (χ0) is 14.8. The summed E-state index contributed by atoms with van der Waals surface area (Å²) in [7, 11) is 0. The minimum atomic E-state index is 0.585. The Kier molecular flexibility index (Phi) is 8.05. The van der Waals surface area contributed by atoms with Gasteiger partial charge in [0.15, 0.2) is 0 Å². The molecular weight excluding hydrogens is 246 g/mol. The lowest BCUT2D eigenvalue weighted by molar-refractivity contribution is 0.321. The Balaban J connectivity index is 2.29. The maximum absolute atomic E-state index is 5.68. The summed E-state index contributed by atoms with van der Waals surface area (Å²) in [4.78, 5) is 0. The van der Waals surface area contributed by atoms with E-state index in [1.807, 2.05) is 6.92 Å². The Labute approximate surface area is 124 Å². The first-order valence-electron chi connectivity index (χ1n) is 7.71. The summed E-state index contributed by atoms with van der Waals surface area (Å²) < 4.78 is 5.68. The number of rotatable bonds is 10. The highest BCUT2D eigenvalue weighted by atomic mass is 16.5. The molecule has 0 fully saturated rings. The van der Waals surface area contributed by atoms with Crippen LogP contribution in [0.25, 0.3) is 0 Å². The highest BCUT2D eigenvalue weighted by Crippen LogP contribution is 2.14. The standard InChI is InChI=1S/C18H29NO/c1-5-13-19-16(4)6-7-17-8-10-18(11-9-17)20-14-12-15(2)3/h8-11,16,19H,2,5-7,12-14H2,1,3-4H3. The number of hydrogen-bond acceptors (Lipinski definition) is 2. The van der Waals surface area contributed by atoms with Crippen LogP contribution in [-0.2, 0) is 6.42 Å². The van der Waals surface area contributed by atoms with Gasteiger partial charge in [0, 0.05) is 12.5 Å². The van der Waals surface area contributed by atoms with Crippen LogP contribution < -0.4 is 10.1 Å². The van der Waals surface area contributed by atoms with Crippen LogP contribution in [0.1, 0.15) is 45.6 Å². The topological polar surface area (TPSA) is 21.3 Å². The van der Waals surface area contributed by atoms with E-state index in [1.54, 1.807) is 0 Å². The third kappa shape index (κ3) is 7.34. The van der Waals surface area contributed by atoms with Crippen molar-refractivity contribution >= 4 is 0 Å². The molecule has 0 spiro atoms. The highest BCUT2D eigenvalue weighted by molar-refractivity contribution is 5.27. The molecule has 112 valence electrons. The molecular formula is C18H29NO. The van der Waals surface area contributed by atoms with Crippen molar-refractivity contribution in [1.82, 2.24) is 5.32 Å². The molecule has 0 saturated heterocycles. The summed E-state index contributed by atoms with van der Waals surface area (Å²) in [6.07, 6.45) is 4.41. The predicted octanol–water partition coefficient (Wildman–Crippen LogP) is 4.35. The van der Waals surface area contributed by atoms with Gasteiger partial charge >= 0.3 is 0 Å². The normalized spacial score (nSPS) is 12.2. The molecule has 20 heavy (non-hydrogen) atoms. The van der Waals surface area contributed by atoms with Crippen molar-refractivity contribution in [3.05, 3.63) is 42.0 Å². The van der Waals surface area contributed by atoms with E-state index in [1.165, 1.54) is 18.4 Å². The zero-order valence-electron chi connectivity index (χ0n) is 13.2. The number of aryl methyl sites for hydroxylation is 1. The van der Waals surface area contributed by atoms with Crippen LogP contribution in [0, 0.1) is 0 Å². The first-order valence-corrected chi connectivity index (χ1v) is 7.71. The summed E-state index contributed by atoms with van der Waals surface area (Å²) in [5.74, 6) is 0.951. The number of hydrogen-bond donors (Lipinski definition) is 1. The van der Waals surface area contributed by atoms with Crippen LogP contribution >= 0.6 is 0 Å². The fraction of sp³-hybridized carbons (Fsp3) is 0.556. The molecule has 0 bridgehead atoms. The zero-order valence-corrected chi connectivity index (χ0v) is 13.2. The van der Waals surface area contributed by atoms with Gasteiger partial charge in [0.05, 0.1) is 6.61 Å². The van der Waals surface area contributed by atoms with Gasteiger partial charge in [0.25, 0.3) is 0 Å². The van der Waals surface area contributed by atoms with Crippen LogP contribution in [0.2, 0.25) is 0 Å². The molecule has 0 radical (unpaired) electrons. The largest absolute Gasteiger partial charge is 0.493 e. The van der Waals surface area contributed by atoms with Gasteiger partial charge in [0.1, 0.15) is 5.75 Å². The van der Waals surface area contributed by atoms with Crippen molar-refractivity contribution in [3.8, 4) is 5.75 Å². The lowest BCUT2D eigenvalue weighted by Gasteiger charge is -2.13. The van der Waals surface area contributed by atoms with E-state index >= 15 is 0 Å². The molecule has 0 saturated carbocycles. The van der Waals surface area contributed by atoms with E-state index in [0.29, 0.717) is 12.6 Å². The van der Waals surface area contributed by atoms with Gasteiger partial charge in [-0.25, -0.2) is 0 Å². The lowest BCUT2D eigenvalue weighted by Crippen LogP contribution is -2.27. The van der Waals surface area contributed by atoms with E-state index < -0.39 is 0 Å². The third-order valence-corrected chi connectivity index (χ3v) is 3.33. The lowest BCUT2D eigenvalue weighted by atomic mass is 10.1. The quantitative estimate of drug-likeness (QED) is 0.641. The predicted molar refractivity (Wildman–Crippen MR) is 87.4 cm³/mol.